The number of hydrogen-bond acceptors (Lipinski definition) is 2. The molecule has 0 saturated carbocycles. The van der Waals surface area contributed by atoms with Crippen molar-refractivity contribution in [2.45, 2.75) is 39.5 Å². The lowest BCUT2D eigenvalue weighted by molar-refractivity contribution is -0.127. The zero-order chi connectivity index (χ0) is 8.69. The normalized spacial score (nSPS) is 12.5. The second-order valence-corrected chi connectivity index (χ2v) is 2.72. The Hall–Kier alpha value is -0.660. The predicted octanol–water partition coefficient (Wildman–Crippen LogP) is 1.97. The van der Waals surface area contributed by atoms with Crippen molar-refractivity contribution in [1.82, 2.24) is 0 Å². The van der Waals surface area contributed by atoms with Gasteiger partial charge in [-0.3, -0.25) is 4.79 Å². The van der Waals surface area contributed by atoms with Crippen LogP contribution >= 0.6 is 0 Å². The maximum atomic E-state index is 11.1. The number of carbonyl (C=O) groups excluding carboxylic acids is 2. The molecule has 1 unspecified atom stereocenters. The summed E-state index contributed by atoms with van der Waals surface area (Å²) in [6.07, 6.45) is 3.89. The molecule has 2 nitrogen and oxygen atoms in total. The summed E-state index contributed by atoms with van der Waals surface area (Å²) in [7, 11) is 0. The average molecular weight is 156 g/mol. The summed E-state index contributed by atoms with van der Waals surface area (Å²) in [5, 5.41) is 0. The third kappa shape index (κ3) is 3.91. The molecule has 0 amide bonds. The van der Waals surface area contributed by atoms with Gasteiger partial charge in [-0.05, 0) is 12.8 Å². The summed E-state index contributed by atoms with van der Waals surface area (Å²) in [5.74, 6) is -0.245. The monoisotopic (exact) mass is 156 g/mol. The van der Waals surface area contributed by atoms with Gasteiger partial charge in [0.2, 0.25) is 0 Å². The molecule has 0 rings (SSSR count). The molecule has 0 heterocycles. The van der Waals surface area contributed by atoms with E-state index >= 15 is 0 Å². The first-order chi connectivity index (χ1) is 5.26. The zero-order valence-corrected chi connectivity index (χ0v) is 7.30. The van der Waals surface area contributed by atoms with E-state index in [1.807, 2.05) is 13.8 Å². The molecule has 0 bridgehead atoms. The highest BCUT2D eigenvalue weighted by atomic mass is 16.1. The predicted molar refractivity (Wildman–Crippen MR) is 44.4 cm³/mol. The molecule has 1 atom stereocenters. The molecule has 0 N–H and O–H groups in total. The van der Waals surface area contributed by atoms with Crippen LogP contribution in [0.3, 0.4) is 0 Å². The Morgan fingerprint density at radius 3 is 2.45 bits per heavy atom. The third-order valence-corrected chi connectivity index (χ3v) is 1.79. The molecule has 0 spiro atoms. The van der Waals surface area contributed by atoms with E-state index in [2.05, 4.69) is 0 Å². The molecular weight excluding hydrogens is 140 g/mol. The number of unbranched alkanes of at least 4 members (excludes halogenated alkanes) is 1. The van der Waals surface area contributed by atoms with E-state index in [1.165, 1.54) is 0 Å². The largest absolute Gasteiger partial charge is 0.303 e. The number of carbonyl (C=O) groups is 2. The van der Waals surface area contributed by atoms with Crippen molar-refractivity contribution in [1.29, 1.82) is 0 Å². The second-order valence-electron chi connectivity index (χ2n) is 2.72. The van der Waals surface area contributed by atoms with Crippen LogP contribution in [0, 0.1) is 5.92 Å². The zero-order valence-electron chi connectivity index (χ0n) is 7.30. The number of rotatable bonds is 6. The van der Waals surface area contributed by atoms with Crippen molar-refractivity contribution in [3.63, 3.8) is 0 Å². The van der Waals surface area contributed by atoms with Crippen LogP contribution in [0.5, 0.6) is 0 Å². The minimum atomic E-state index is -0.346. The Bertz CT molecular complexity index is 130. The van der Waals surface area contributed by atoms with E-state index < -0.39 is 0 Å². The minimum absolute atomic E-state index is 0.101. The number of aldehydes is 1. The summed E-state index contributed by atoms with van der Waals surface area (Å²) in [5.41, 5.74) is 0. The van der Waals surface area contributed by atoms with Crippen LogP contribution in [0.1, 0.15) is 39.5 Å². The first-order valence-corrected chi connectivity index (χ1v) is 4.24. The Labute approximate surface area is 68.0 Å². The van der Waals surface area contributed by atoms with Crippen LogP contribution in [0.25, 0.3) is 0 Å². The van der Waals surface area contributed by atoms with Crippen molar-refractivity contribution in [2.75, 3.05) is 0 Å². The Morgan fingerprint density at radius 2 is 2.09 bits per heavy atom. The molecule has 0 aromatic carbocycles. The molecular formula is C9H16O2. The number of ketones is 1. The molecule has 0 fully saturated rings. The van der Waals surface area contributed by atoms with Gasteiger partial charge < -0.3 is 4.79 Å². The van der Waals surface area contributed by atoms with E-state index in [1.54, 1.807) is 0 Å². The molecule has 0 saturated heterocycles. The second kappa shape index (κ2) is 6.08. The van der Waals surface area contributed by atoms with Gasteiger partial charge in [0.05, 0.1) is 5.92 Å². The highest BCUT2D eigenvalue weighted by Gasteiger charge is 2.13. The lowest BCUT2D eigenvalue weighted by Crippen LogP contribution is -2.14. The molecule has 2 heteroatoms. The topological polar surface area (TPSA) is 34.1 Å². The number of hydrogen-bond donors (Lipinski definition) is 0. The third-order valence-electron chi connectivity index (χ3n) is 1.79. The quantitative estimate of drug-likeness (QED) is 0.435. The van der Waals surface area contributed by atoms with Gasteiger partial charge in [-0.15, -0.1) is 0 Å². The van der Waals surface area contributed by atoms with Crippen molar-refractivity contribution in [3.8, 4) is 0 Å². The van der Waals surface area contributed by atoms with Gasteiger partial charge in [0.15, 0.2) is 0 Å². The molecule has 0 aromatic heterocycles. The molecule has 0 aromatic rings. The molecule has 0 radical (unpaired) electrons. The average Bonchev–Trinajstić information content (AvgIpc) is 2.03. The maximum Gasteiger partial charge on any atom is 0.143 e. The van der Waals surface area contributed by atoms with Crippen LogP contribution < -0.4 is 0 Å². The van der Waals surface area contributed by atoms with E-state index in [0.717, 1.165) is 19.1 Å². The van der Waals surface area contributed by atoms with Crippen molar-refractivity contribution in [2.24, 2.45) is 5.92 Å². The van der Waals surface area contributed by atoms with Gasteiger partial charge in [-0.25, -0.2) is 0 Å². The Kier molecular flexibility index (Phi) is 5.71. The Balaban J connectivity index is 3.69. The first kappa shape index (κ1) is 10.3. The van der Waals surface area contributed by atoms with Crippen molar-refractivity contribution in [3.05, 3.63) is 0 Å². The summed E-state index contributed by atoms with van der Waals surface area (Å²) in [6.45, 7) is 3.90. The molecule has 11 heavy (non-hydrogen) atoms. The SMILES string of the molecule is CCCCC(=O)C(C=O)CC. The van der Waals surface area contributed by atoms with Crippen LogP contribution in [0.15, 0.2) is 0 Å². The molecule has 0 aliphatic heterocycles. The van der Waals surface area contributed by atoms with Crippen LogP contribution in [-0.2, 0) is 9.59 Å². The van der Waals surface area contributed by atoms with Crippen LogP contribution in [0.2, 0.25) is 0 Å². The van der Waals surface area contributed by atoms with Crippen molar-refractivity contribution >= 4 is 12.1 Å². The van der Waals surface area contributed by atoms with Crippen LogP contribution in [-0.4, -0.2) is 12.1 Å². The number of Topliss-reactive ketones (excluding diaryl/α,β-unsaturated/α-hetero) is 1. The van der Waals surface area contributed by atoms with Gasteiger partial charge in [0.1, 0.15) is 12.1 Å². The summed E-state index contributed by atoms with van der Waals surface area (Å²) >= 11 is 0. The minimum Gasteiger partial charge on any atom is -0.303 e. The molecule has 0 aliphatic rings. The maximum absolute atomic E-state index is 11.1. The summed E-state index contributed by atoms with van der Waals surface area (Å²) in [4.78, 5) is 21.5. The Morgan fingerprint density at radius 1 is 1.45 bits per heavy atom. The van der Waals surface area contributed by atoms with Crippen molar-refractivity contribution < 1.29 is 9.59 Å². The van der Waals surface area contributed by atoms with Gasteiger partial charge >= 0.3 is 0 Å². The summed E-state index contributed by atoms with van der Waals surface area (Å²) < 4.78 is 0. The molecule has 64 valence electrons. The van der Waals surface area contributed by atoms with E-state index in [-0.39, 0.29) is 11.7 Å². The summed E-state index contributed by atoms with van der Waals surface area (Å²) in [6, 6.07) is 0. The van der Waals surface area contributed by atoms with Gasteiger partial charge in [-0.1, -0.05) is 20.3 Å². The highest BCUT2D eigenvalue weighted by Crippen LogP contribution is 2.06. The fourth-order valence-corrected chi connectivity index (χ4v) is 0.936. The molecule has 0 aliphatic carbocycles. The fraction of sp³-hybridized carbons (Fsp3) is 0.778. The lowest BCUT2D eigenvalue weighted by Gasteiger charge is -2.03. The van der Waals surface area contributed by atoms with E-state index in [0.29, 0.717) is 12.8 Å². The highest BCUT2D eigenvalue weighted by molar-refractivity contribution is 5.93. The van der Waals surface area contributed by atoms with Gasteiger partial charge in [0.25, 0.3) is 0 Å². The van der Waals surface area contributed by atoms with E-state index in [9.17, 15) is 9.59 Å². The fourth-order valence-electron chi connectivity index (χ4n) is 0.936. The van der Waals surface area contributed by atoms with E-state index in [4.69, 9.17) is 0 Å². The first-order valence-electron chi connectivity index (χ1n) is 4.24. The van der Waals surface area contributed by atoms with Gasteiger partial charge in [-0.2, -0.15) is 0 Å². The van der Waals surface area contributed by atoms with Crippen LogP contribution in [0.4, 0.5) is 0 Å². The van der Waals surface area contributed by atoms with Gasteiger partial charge in [0, 0.05) is 6.42 Å². The standard InChI is InChI=1S/C9H16O2/c1-3-5-6-9(11)8(4-2)7-10/h7-8H,3-6H2,1-2H3. The lowest BCUT2D eigenvalue weighted by atomic mass is 9.99. The smallest absolute Gasteiger partial charge is 0.143 e.